The molecule has 0 atom stereocenters. The molecule has 0 fully saturated rings. The summed E-state index contributed by atoms with van der Waals surface area (Å²) in [6, 6.07) is 86.3. The first-order chi connectivity index (χ1) is 29.3. The minimum Gasteiger partial charge on any atom is -0.310 e. The predicted octanol–water partition coefficient (Wildman–Crippen LogP) is 16.4. The van der Waals surface area contributed by atoms with Gasteiger partial charge in [-0.15, -0.1) is 0 Å². The van der Waals surface area contributed by atoms with Crippen molar-refractivity contribution < 1.29 is 0 Å². The Balaban J connectivity index is 1.24. The lowest BCUT2D eigenvalue weighted by Crippen LogP contribution is -2.10. The zero-order valence-corrected chi connectivity index (χ0v) is 32.5. The molecule has 0 aromatic heterocycles. The van der Waals surface area contributed by atoms with Crippen LogP contribution in [0.3, 0.4) is 0 Å². The first-order valence-electron chi connectivity index (χ1n) is 20.3. The molecule has 0 aliphatic heterocycles. The number of nitrogens with zero attached hydrogens (tertiary/aromatic N) is 1. The van der Waals surface area contributed by atoms with Crippen LogP contribution in [0.25, 0.3) is 87.6 Å². The van der Waals surface area contributed by atoms with Crippen molar-refractivity contribution in [1.82, 2.24) is 0 Å². The van der Waals surface area contributed by atoms with Crippen LogP contribution >= 0.6 is 0 Å². The Morgan fingerprint density at radius 2 is 0.712 bits per heavy atom. The molecule has 0 N–H and O–H groups in total. The third-order valence-corrected chi connectivity index (χ3v) is 11.8. The molecule has 0 amide bonds. The van der Waals surface area contributed by atoms with Gasteiger partial charge in [-0.3, -0.25) is 0 Å². The number of anilines is 3. The molecule has 11 rings (SSSR count). The van der Waals surface area contributed by atoms with E-state index >= 15 is 0 Å². The Bertz CT molecular complexity index is 3280. The summed E-state index contributed by atoms with van der Waals surface area (Å²) in [5.41, 5.74) is 13.0. The van der Waals surface area contributed by atoms with Gasteiger partial charge < -0.3 is 4.90 Å². The van der Waals surface area contributed by atoms with Gasteiger partial charge in [0.15, 0.2) is 0 Å². The number of benzene rings is 11. The highest BCUT2D eigenvalue weighted by atomic mass is 15.1. The van der Waals surface area contributed by atoms with Gasteiger partial charge >= 0.3 is 0 Å². The van der Waals surface area contributed by atoms with Crippen molar-refractivity contribution in [2.75, 3.05) is 4.90 Å². The third-order valence-electron chi connectivity index (χ3n) is 11.8. The number of hydrogen-bond acceptors (Lipinski definition) is 1. The minimum atomic E-state index is 1.10. The molecule has 0 saturated heterocycles. The zero-order chi connectivity index (χ0) is 39.1. The molecule has 1 heteroatoms. The summed E-state index contributed by atoms with van der Waals surface area (Å²) in [6.45, 7) is 0. The van der Waals surface area contributed by atoms with Crippen LogP contribution in [0.2, 0.25) is 0 Å². The van der Waals surface area contributed by atoms with E-state index < -0.39 is 0 Å². The van der Waals surface area contributed by atoms with E-state index in [4.69, 9.17) is 0 Å². The molecule has 0 radical (unpaired) electrons. The number of rotatable bonds is 7. The lowest BCUT2D eigenvalue weighted by atomic mass is 9.81. The van der Waals surface area contributed by atoms with E-state index in [1.807, 2.05) is 0 Å². The van der Waals surface area contributed by atoms with Gasteiger partial charge in [0.25, 0.3) is 0 Å². The van der Waals surface area contributed by atoms with Gasteiger partial charge in [0.05, 0.1) is 0 Å². The highest BCUT2D eigenvalue weighted by molar-refractivity contribution is 6.33. The molecule has 0 saturated carbocycles. The van der Waals surface area contributed by atoms with Crippen LogP contribution in [0.4, 0.5) is 17.1 Å². The summed E-state index contributed by atoms with van der Waals surface area (Å²) in [4.78, 5) is 2.41. The summed E-state index contributed by atoms with van der Waals surface area (Å²) in [5.74, 6) is 0. The zero-order valence-electron chi connectivity index (χ0n) is 32.5. The van der Waals surface area contributed by atoms with Crippen LogP contribution in [-0.4, -0.2) is 0 Å². The predicted molar refractivity (Wildman–Crippen MR) is 253 cm³/mol. The number of hydrogen-bond donors (Lipinski definition) is 0. The van der Waals surface area contributed by atoms with Crippen molar-refractivity contribution in [3.8, 4) is 44.5 Å². The lowest BCUT2D eigenvalue weighted by Gasteiger charge is -2.27. The van der Waals surface area contributed by atoms with E-state index in [0.29, 0.717) is 0 Å². The minimum absolute atomic E-state index is 1.10. The van der Waals surface area contributed by atoms with Gasteiger partial charge in [-0.05, 0) is 130 Å². The third kappa shape index (κ3) is 6.12. The molecule has 0 aliphatic carbocycles. The average molecular weight is 750 g/mol. The smallest absolute Gasteiger partial charge is 0.0468 e. The lowest BCUT2D eigenvalue weighted by molar-refractivity contribution is 1.29. The van der Waals surface area contributed by atoms with E-state index in [1.54, 1.807) is 0 Å². The van der Waals surface area contributed by atoms with Gasteiger partial charge in [-0.2, -0.15) is 0 Å². The van der Waals surface area contributed by atoms with E-state index in [-0.39, 0.29) is 0 Å². The normalized spacial score (nSPS) is 11.4. The molecular weight excluding hydrogens is 711 g/mol. The van der Waals surface area contributed by atoms with Crippen LogP contribution in [0.5, 0.6) is 0 Å². The second-order valence-electron chi connectivity index (χ2n) is 15.2. The van der Waals surface area contributed by atoms with Gasteiger partial charge in [-0.1, -0.05) is 194 Å². The molecule has 11 aromatic carbocycles. The van der Waals surface area contributed by atoms with Crippen molar-refractivity contribution in [3.63, 3.8) is 0 Å². The van der Waals surface area contributed by atoms with Crippen LogP contribution in [-0.2, 0) is 0 Å². The average Bonchev–Trinajstić information content (AvgIpc) is 3.32. The van der Waals surface area contributed by atoms with Crippen LogP contribution in [0.1, 0.15) is 0 Å². The summed E-state index contributed by atoms with van der Waals surface area (Å²) < 4.78 is 0. The summed E-state index contributed by atoms with van der Waals surface area (Å²) in [5, 5.41) is 9.90. The Morgan fingerprint density at radius 3 is 1.39 bits per heavy atom. The maximum atomic E-state index is 2.43. The van der Waals surface area contributed by atoms with Crippen LogP contribution in [0.15, 0.2) is 237 Å². The fourth-order valence-corrected chi connectivity index (χ4v) is 9.07. The van der Waals surface area contributed by atoms with E-state index in [2.05, 4.69) is 241 Å². The Morgan fingerprint density at radius 1 is 0.237 bits per heavy atom. The van der Waals surface area contributed by atoms with Crippen molar-refractivity contribution in [3.05, 3.63) is 237 Å². The Kier molecular flexibility index (Phi) is 8.56. The monoisotopic (exact) mass is 749 g/mol. The molecule has 276 valence electrons. The Labute approximate surface area is 344 Å². The number of fused-ring (bicyclic) bond motifs is 7. The first kappa shape index (κ1) is 34.5. The van der Waals surface area contributed by atoms with E-state index in [9.17, 15) is 0 Å². The molecule has 0 spiro atoms. The van der Waals surface area contributed by atoms with Gasteiger partial charge in [0.1, 0.15) is 0 Å². The molecular formula is C58H39N. The molecule has 59 heavy (non-hydrogen) atoms. The summed E-state index contributed by atoms with van der Waals surface area (Å²) in [7, 11) is 0. The van der Waals surface area contributed by atoms with Crippen molar-refractivity contribution in [2.45, 2.75) is 0 Å². The van der Waals surface area contributed by atoms with Crippen molar-refractivity contribution in [2.24, 2.45) is 0 Å². The second kappa shape index (κ2) is 14.6. The molecule has 1 nitrogen and oxygen atoms in total. The molecule has 0 heterocycles. The van der Waals surface area contributed by atoms with Crippen molar-refractivity contribution in [1.29, 1.82) is 0 Å². The maximum absolute atomic E-state index is 2.43. The molecule has 0 bridgehead atoms. The summed E-state index contributed by atoms with van der Waals surface area (Å²) >= 11 is 0. The molecule has 11 aromatic rings. The van der Waals surface area contributed by atoms with E-state index in [1.165, 1.54) is 87.6 Å². The van der Waals surface area contributed by atoms with Crippen LogP contribution in [0, 0.1) is 0 Å². The fraction of sp³-hybridized carbons (Fsp3) is 0. The second-order valence-corrected chi connectivity index (χ2v) is 15.2. The summed E-state index contributed by atoms with van der Waals surface area (Å²) in [6.07, 6.45) is 0. The SMILES string of the molecule is c1ccc(-c2ccc(N(c3ccc4ccccc4c3)c3ccc4c(c3)c3ccccc3c3c(-c5ccccc5)cc(-c5ccccc5)c(-c5ccccc5)c43)cc2)cc1. The topological polar surface area (TPSA) is 3.24 Å². The fourth-order valence-electron chi connectivity index (χ4n) is 9.07. The molecule has 0 aliphatic rings. The van der Waals surface area contributed by atoms with E-state index in [0.717, 1.165) is 17.1 Å². The standard InChI is InChI=1S/C58H39N/c1-5-17-40(18-6-1)42-29-32-47(33-30-42)59(48-34-31-41-19-13-14-26-46(41)37-48)49-35-36-52-55(38-49)50-27-15-16-28-51(50)57-54(44-22-9-3-10-23-44)39-53(43-20-7-2-8-21-43)56(58(52)57)45-24-11-4-12-25-45/h1-39H. The maximum Gasteiger partial charge on any atom is 0.0468 e. The van der Waals surface area contributed by atoms with Gasteiger partial charge in [0.2, 0.25) is 0 Å². The van der Waals surface area contributed by atoms with Gasteiger partial charge in [0, 0.05) is 17.1 Å². The molecule has 0 unspecified atom stereocenters. The highest BCUT2D eigenvalue weighted by Crippen LogP contribution is 2.50. The Hall–Kier alpha value is -7.74. The van der Waals surface area contributed by atoms with Gasteiger partial charge in [-0.25, -0.2) is 0 Å². The van der Waals surface area contributed by atoms with Crippen LogP contribution < -0.4 is 4.90 Å². The quantitative estimate of drug-likeness (QED) is 0.147. The van der Waals surface area contributed by atoms with Crippen molar-refractivity contribution >= 4 is 60.2 Å². The highest BCUT2D eigenvalue weighted by Gasteiger charge is 2.23. The largest absolute Gasteiger partial charge is 0.310 e. The first-order valence-corrected chi connectivity index (χ1v) is 20.3.